The number of aliphatic hydroxyl groups excluding tert-OH is 1. The van der Waals surface area contributed by atoms with Crippen LogP contribution >= 0.6 is 15.6 Å². The van der Waals surface area contributed by atoms with Gasteiger partial charge in [-0.25, -0.2) is 9.13 Å². The number of ether oxygens (including phenoxy) is 4. The highest BCUT2D eigenvalue weighted by Crippen LogP contribution is 2.45. The number of carbonyl (C=O) groups is 4. The van der Waals surface area contributed by atoms with Crippen LogP contribution in [0.15, 0.2) is 0 Å². The Bertz CT molecular complexity index is 1600. The zero-order valence-electron chi connectivity index (χ0n) is 52.6. The average Bonchev–Trinajstić information content (AvgIpc) is 3.45. The van der Waals surface area contributed by atoms with E-state index in [0.717, 1.165) is 96.3 Å². The molecule has 82 heavy (non-hydrogen) atoms. The van der Waals surface area contributed by atoms with Gasteiger partial charge in [0.05, 0.1) is 26.4 Å². The lowest BCUT2D eigenvalue weighted by molar-refractivity contribution is -0.161. The minimum Gasteiger partial charge on any atom is -0.462 e. The number of hydrogen-bond donors (Lipinski definition) is 3. The lowest BCUT2D eigenvalue weighted by Gasteiger charge is -2.21. The number of phosphoric ester groups is 2. The van der Waals surface area contributed by atoms with Crippen molar-refractivity contribution in [2.45, 2.75) is 335 Å². The predicted octanol–water partition coefficient (Wildman–Crippen LogP) is 17.4. The van der Waals surface area contributed by atoms with Crippen molar-refractivity contribution in [1.82, 2.24) is 0 Å². The lowest BCUT2D eigenvalue weighted by Crippen LogP contribution is -2.30. The summed E-state index contributed by atoms with van der Waals surface area (Å²) in [7, 11) is -9.88. The quantitative estimate of drug-likeness (QED) is 0.0222. The summed E-state index contributed by atoms with van der Waals surface area (Å²) < 4.78 is 67.8. The highest BCUT2D eigenvalue weighted by Gasteiger charge is 2.30. The van der Waals surface area contributed by atoms with Gasteiger partial charge in [0.25, 0.3) is 0 Å². The predicted molar refractivity (Wildman–Crippen MR) is 326 cm³/mol. The number of esters is 4. The van der Waals surface area contributed by atoms with Gasteiger partial charge >= 0.3 is 39.5 Å². The summed E-state index contributed by atoms with van der Waals surface area (Å²) in [5.74, 6) is -1.45. The first-order valence-electron chi connectivity index (χ1n) is 33.1. The first-order chi connectivity index (χ1) is 39.5. The van der Waals surface area contributed by atoms with E-state index in [4.69, 9.17) is 37.0 Å². The SMILES string of the molecule is CCCCCCCCCCCCCCCCC(=O)O[C@H](COC(=O)CCCCCCCCCCCCCCC)COP(=O)(O)OC[C@@H](O)COP(=O)(O)OC[C@@H](COC(=O)CCCCCCC)OC(=O)CCCCCCCCCC(C)C. The maximum absolute atomic E-state index is 13.0. The van der Waals surface area contributed by atoms with E-state index in [-0.39, 0.29) is 25.7 Å². The number of phosphoric acid groups is 2. The number of aliphatic hydroxyl groups is 1. The van der Waals surface area contributed by atoms with Crippen molar-refractivity contribution in [2.24, 2.45) is 5.92 Å². The molecule has 0 saturated heterocycles. The fourth-order valence-corrected chi connectivity index (χ4v) is 11.0. The van der Waals surface area contributed by atoms with E-state index >= 15 is 0 Å². The fourth-order valence-electron chi connectivity index (χ4n) is 9.41. The second-order valence-electron chi connectivity index (χ2n) is 23.3. The topological polar surface area (TPSA) is 237 Å². The Morgan fingerprint density at radius 1 is 0.329 bits per heavy atom. The number of carbonyl (C=O) groups excluding carboxylic acids is 4. The van der Waals surface area contributed by atoms with Crippen LogP contribution in [0, 0.1) is 5.92 Å². The van der Waals surface area contributed by atoms with Crippen molar-refractivity contribution in [2.75, 3.05) is 39.6 Å². The number of rotatable bonds is 63. The van der Waals surface area contributed by atoms with E-state index in [0.29, 0.717) is 31.6 Å². The largest absolute Gasteiger partial charge is 0.472 e. The lowest BCUT2D eigenvalue weighted by atomic mass is 10.0. The van der Waals surface area contributed by atoms with Gasteiger partial charge in [0, 0.05) is 25.7 Å². The summed E-state index contributed by atoms with van der Waals surface area (Å²) in [6.45, 7) is 7.04. The van der Waals surface area contributed by atoms with Gasteiger partial charge in [-0.3, -0.25) is 37.3 Å². The summed E-state index contributed by atoms with van der Waals surface area (Å²) in [6, 6.07) is 0. The third kappa shape index (κ3) is 57.2. The molecule has 19 heteroatoms. The van der Waals surface area contributed by atoms with Gasteiger partial charge in [-0.2, -0.15) is 0 Å². The Morgan fingerprint density at radius 2 is 0.561 bits per heavy atom. The summed E-state index contributed by atoms with van der Waals surface area (Å²) in [6.07, 6.45) is 40.7. The Morgan fingerprint density at radius 3 is 0.829 bits per heavy atom. The first kappa shape index (κ1) is 80.1. The summed E-state index contributed by atoms with van der Waals surface area (Å²) in [4.78, 5) is 71.9. The molecule has 0 radical (unpaired) electrons. The minimum absolute atomic E-state index is 0.103. The van der Waals surface area contributed by atoms with Crippen LogP contribution in [0.3, 0.4) is 0 Å². The summed E-state index contributed by atoms with van der Waals surface area (Å²) in [5, 5.41) is 10.5. The Labute approximate surface area is 498 Å². The molecule has 17 nitrogen and oxygen atoms in total. The molecule has 0 aromatic heterocycles. The zero-order chi connectivity index (χ0) is 60.6. The van der Waals surface area contributed by atoms with Crippen LogP contribution in [0.2, 0.25) is 0 Å². The minimum atomic E-state index is -4.94. The van der Waals surface area contributed by atoms with Gasteiger partial charge < -0.3 is 33.8 Å². The number of unbranched alkanes of at least 4 members (excludes halogenated alkanes) is 35. The van der Waals surface area contributed by atoms with Crippen LogP contribution in [0.5, 0.6) is 0 Å². The van der Waals surface area contributed by atoms with Crippen molar-refractivity contribution < 1.29 is 80.2 Å². The molecule has 0 aromatic carbocycles. The first-order valence-corrected chi connectivity index (χ1v) is 36.1. The molecule has 0 spiro atoms. The molecule has 0 aliphatic carbocycles. The molecule has 0 saturated carbocycles. The van der Waals surface area contributed by atoms with Crippen LogP contribution in [0.25, 0.3) is 0 Å². The third-order valence-electron chi connectivity index (χ3n) is 14.5. The Kier molecular flexibility index (Phi) is 55.5. The van der Waals surface area contributed by atoms with Gasteiger partial charge in [0.1, 0.15) is 19.3 Å². The van der Waals surface area contributed by atoms with Gasteiger partial charge in [-0.15, -0.1) is 0 Å². The van der Waals surface area contributed by atoms with Crippen LogP contribution in [-0.4, -0.2) is 96.7 Å². The molecule has 2 unspecified atom stereocenters. The molecule has 0 aliphatic heterocycles. The second kappa shape index (κ2) is 56.8. The Balaban J connectivity index is 5.18. The molecular weight excluding hydrogens is 1090 g/mol. The van der Waals surface area contributed by atoms with Gasteiger partial charge in [-0.1, -0.05) is 266 Å². The molecule has 0 bridgehead atoms. The van der Waals surface area contributed by atoms with Crippen molar-refractivity contribution in [3.05, 3.63) is 0 Å². The van der Waals surface area contributed by atoms with E-state index in [2.05, 4.69) is 34.6 Å². The zero-order valence-corrected chi connectivity index (χ0v) is 54.4. The molecule has 0 rings (SSSR count). The Hall–Kier alpha value is -1.94. The molecule has 0 aromatic rings. The molecule has 5 atom stereocenters. The smallest absolute Gasteiger partial charge is 0.462 e. The van der Waals surface area contributed by atoms with E-state index in [1.54, 1.807) is 0 Å². The molecule has 0 amide bonds. The maximum Gasteiger partial charge on any atom is 0.472 e. The van der Waals surface area contributed by atoms with E-state index < -0.39 is 97.5 Å². The van der Waals surface area contributed by atoms with Gasteiger partial charge in [0.15, 0.2) is 12.2 Å². The normalized spacial score (nSPS) is 14.3. The molecular formula is C63H122O17P2. The summed E-state index contributed by atoms with van der Waals surface area (Å²) >= 11 is 0. The van der Waals surface area contributed by atoms with E-state index in [1.807, 2.05) is 0 Å². The van der Waals surface area contributed by atoms with Gasteiger partial charge in [-0.05, 0) is 31.6 Å². The third-order valence-corrected chi connectivity index (χ3v) is 16.4. The highest BCUT2D eigenvalue weighted by atomic mass is 31.2. The number of hydrogen-bond acceptors (Lipinski definition) is 15. The van der Waals surface area contributed by atoms with Crippen LogP contribution in [-0.2, 0) is 65.4 Å². The van der Waals surface area contributed by atoms with Crippen molar-refractivity contribution >= 4 is 39.5 Å². The van der Waals surface area contributed by atoms with Crippen molar-refractivity contribution in [3.63, 3.8) is 0 Å². The summed E-state index contributed by atoms with van der Waals surface area (Å²) in [5.41, 5.74) is 0. The monoisotopic (exact) mass is 1210 g/mol. The fraction of sp³-hybridized carbons (Fsp3) is 0.937. The molecule has 486 valence electrons. The van der Waals surface area contributed by atoms with Crippen molar-refractivity contribution in [3.8, 4) is 0 Å². The molecule has 0 aliphatic rings. The van der Waals surface area contributed by atoms with Gasteiger partial charge in [0.2, 0.25) is 0 Å². The second-order valence-corrected chi connectivity index (χ2v) is 26.2. The van der Waals surface area contributed by atoms with Crippen LogP contribution in [0.1, 0.15) is 317 Å². The van der Waals surface area contributed by atoms with E-state index in [1.165, 1.54) is 135 Å². The standard InChI is InChI=1S/C63H122O17P2/c1-6-9-12-15-17-19-21-23-25-27-29-33-38-43-48-62(67)80-59(53-74-61(66)47-42-37-32-28-26-24-22-20-18-16-13-10-7-2)55-78-82(71,72)76-51-57(64)50-75-81(69,70)77-54-58(52-73-60(65)46-41-35-14-11-8-3)79-63(68)49-44-39-34-30-31-36-40-45-56(4)5/h56-59,64H,6-55H2,1-5H3,(H,69,70)(H,71,72)/t57-,58+,59+/m0/s1. The van der Waals surface area contributed by atoms with Crippen molar-refractivity contribution in [1.29, 1.82) is 0 Å². The average molecular weight is 1210 g/mol. The maximum atomic E-state index is 13.0. The molecule has 3 N–H and O–H groups in total. The van der Waals surface area contributed by atoms with Crippen LogP contribution < -0.4 is 0 Å². The molecule has 0 fully saturated rings. The van der Waals surface area contributed by atoms with E-state index in [9.17, 15) is 43.2 Å². The molecule has 0 heterocycles. The van der Waals surface area contributed by atoms with Crippen LogP contribution in [0.4, 0.5) is 0 Å². The highest BCUT2D eigenvalue weighted by molar-refractivity contribution is 7.47.